The summed E-state index contributed by atoms with van der Waals surface area (Å²) in [6.07, 6.45) is 4.28. The monoisotopic (exact) mass is 297 g/mol. The van der Waals surface area contributed by atoms with Gasteiger partial charge in [-0.3, -0.25) is 4.79 Å². The van der Waals surface area contributed by atoms with Gasteiger partial charge in [-0.1, -0.05) is 51.9 Å². The summed E-state index contributed by atoms with van der Waals surface area (Å²) in [6.45, 7) is 2.06. The zero-order valence-electron chi connectivity index (χ0n) is 12.1. The Morgan fingerprint density at radius 2 is 1.55 bits per heavy atom. The van der Waals surface area contributed by atoms with E-state index < -0.39 is 24.6 Å². The molecule has 0 bridgehead atoms. The molecule has 0 aliphatic heterocycles. The van der Waals surface area contributed by atoms with E-state index in [4.69, 9.17) is 5.11 Å². The van der Waals surface area contributed by atoms with Crippen molar-refractivity contribution in [2.75, 3.05) is 13.1 Å². The molecule has 20 heavy (non-hydrogen) atoms. The number of carbonyl (C=O) groups is 1. The maximum Gasteiger partial charge on any atom is 0.403 e. The molecule has 0 rings (SSSR count). The highest BCUT2D eigenvalue weighted by Crippen LogP contribution is 2.25. The fourth-order valence-corrected chi connectivity index (χ4v) is 1.97. The number of aliphatic carboxylic acids is 1. The quantitative estimate of drug-likeness (QED) is 0.536. The van der Waals surface area contributed by atoms with Gasteiger partial charge in [-0.2, -0.15) is 13.2 Å². The molecule has 120 valence electrons. The van der Waals surface area contributed by atoms with Gasteiger partial charge in [0.2, 0.25) is 0 Å². The van der Waals surface area contributed by atoms with E-state index in [0.717, 1.165) is 19.3 Å². The van der Waals surface area contributed by atoms with Crippen molar-refractivity contribution in [1.82, 2.24) is 5.32 Å². The molecule has 0 aliphatic carbocycles. The Labute approximate surface area is 118 Å². The molecule has 0 spiro atoms. The van der Waals surface area contributed by atoms with E-state index in [2.05, 4.69) is 12.2 Å². The maximum absolute atomic E-state index is 12.3. The van der Waals surface area contributed by atoms with E-state index in [1.54, 1.807) is 0 Å². The van der Waals surface area contributed by atoms with E-state index in [0.29, 0.717) is 6.54 Å². The van der Waals surface area contributed by atoms with Crippen molar-refractivity contribution in [3.8, 4) is 0 Å². The fourth-order valence-electron chi connectivity index (χ4n) is 1.97. The van der Waals surface area contributed by atoms with Gasteiger partial charge >= 0.3 is 12.1 Å². The highest BCUT2D eigenvalue weighted by atomic mass is 19.4. The SMILES string of the molecule is CCCCCCCCCCNCC(C(=O)O)C(F)(F)F. The minimum Gasteiger partial charge on any atom is -0.481 e. The minimum absolute atomic E-state index is 0.439. The zero-order chi connectivity index (χ0) is 15.4. The number of alkyl halides is 3. The Bertz CT molecular complexity index is 257. The highest BCUT2D eigenvalue weighted by molar-refractivity contribution is 5.71. The van der Waals surface area contributed by atoms with Crippen LogP contribution in [0.15, 0.2) is 0 Å². The Morgan fingerprint density at radius 3 is 2.00 bits per heavy atom. The molecule has 0 aliphatic rings. The Morgan fingerprint density at radius 1 is 1.05 bits per heavy atom. The molecule has 0 saturated carbocycles. The molecule has 0 aromatic heterocycles. The van der Waals surface area contributed by atoms with Crippen LogP contribution in [0.3, 0.4) is 0 Å². The van der Waals surface area contributed by atoms with E-state index in [1.807, 2.05) is 0 Å². The first-order valence-electron chi connectivity index (χ1n) is 7.39. The molecule has 1 atom stereocenters. The van der Waals surface area contributed by atoms with Gasteiger partial charge < -0.3 is 10.4 Å². The van der Waals surface area contributed by atoms with Crippen LogP contribution in [-0.2, 0) is 4.79 Å². The van der Waals surface area contributed by atoms with Gasteiger partial charge in [0, 0.05) is 6.54 Å². The second kappa shape index (κ2) is 10.9. The second-order valence-electron chi connectivity index (χ2n) is 5.11. The van der Waals surface area contributed by atoms with Crippen LogP contribution in [0.25, 0.3) is 0 Å². The number of hydrogen-bond acceptors (Lipinski definition) is 2. The molecule has 1 unspecified atom stereocenters. The van der Waals surface area contributed by atoms with Crippen LogP contribution < -0.4 is 5.32 Å². The van der Waals surface area contributed by atoms with Crippen molar-refractivity contribution >= 4 is 5.97 Å². The summed E-state index contributed by atoms with van der Waals surface area (Å²) in [5, 5.41) is 11.1. The molecule has 0 aromatic rings. The van der Waals surface area contributed by atoms with Crippen LogP contribution in [0, 0.1) is 5.92 Å². The van der Waals surface area contributed by atoms with E-state index >= 15 is 0 Å². The first-order valence-corrected chi connectivity index (χ1v) is 7.39. The molecule has 0 radical (unpaired) electrons. The van der Waals surface area contributed by atoms with E-state index in [-0.39, 0.29) is 0 Å². The van der Waals surface area contributed by atoms with Crippen LogP contribution in [0.2, 0.25) is 0 Å². The van der Waals surface area contributed by atoms with E-state index in [1.165, 1.54) is 32.1 Å². The van der Waals surface area contributed by atoms with Gasteiger partial charge in [-0.05, 0) is 13.0 Å². The first kappa shape index (κ1) is 19.2. The third kappa shape index (κ3) is 10.1. The van der Waals surface area contributed by atoms with Crippen molar-refractivity contribution in [2.24, 2.45) is 5.92 Å². The number of rotatable bonds is 12. The summed E-state index contributed by atoms with van der Waals surface area (Å²) < 4.78 is 37.0. The number of hydrogen-bond donors (Lipinski definition) is 2. The lowest BCUT2D eigenvalue weighted by Crippen LogP contribution is -2.39. The number of unbranched alkanes of at least 4 members (excludes halogenated alkanes) is 7. The molecule has 3 nitrogen and oxygen atoms in total. The molecule has 0 aromatic carbocycles. The summed E-state index contributed by atoms with van der Waals surface area (Å²) >= 11 is 0. The van der Waals surface area contributed by atoms with Gasteiger partial charge in [-0.25, -0.2) is 0 Å². The molecule has 6 heteroatoms. The normalized spacial score (nSPS) is 13.4. The third-order valence-corrected chi connectivity index (χ3v) is 3.25. The van der Waals surface area contributed by atoms with Gasteiger partial charge in [0.05, 0.1) is 0 Å². The third-order valence-electron chi connectivity index (χ3n) is 3.25. The lowest BCUT2D eigenvalue weighted by molar-refractivity contribution is -0.192. The first-order chi connectivity index (χ1) is 9.39. The van der Waals surface area contributed by atoms with E-state index in [9.17, 15) is 18.0 Å². The molecule has 2 N–H and O–H groups in total. The number of carboxylic acid groups (broad SMARTS) is 1. The Kier molecular flexibility index (Phi) is 10.5. The van der Waals surface area contributed by atoms with Crippen molar-refractivity contribution in [3.05, 3.63) is 0 Å². The topological polar surface area (TPSA) is 49.3 Å². The van der Waals surface area contributed by atoms with Crippen LogP contribution in [0.5, 0.6) is 0 Å². The number of carboxylic acids is 1. The van der Waals surface area contributed by atoms with Crippen LogP contribution in [-0.4, -0.2) is 30.3 Å². The summed E-state index contributed by atoms with van der Waals surface area (Å²) in [6, 6.07) is 0. The predicted octanol–water partition coefficient (Wildman–Crippen LogP) is 3.98. The van der Waals surface area contributed by atoms with Crippen molar-refractivity contribution in [3.63, 3.8) is 0 Å². The number of halogens is 3. The van der Waals surface area contributed by atoms with Crippen LogP contribution in [0.4, 0.5) is 13.2 Å². The molecule has 0 saturated heterocycles. The molecular weight excluding hydrogens is 271 g/mol. The van der Waals surface area contributed by atoms with Gasteiger partial charge in [0.25, 0.3) is 0 Å². The lowest BCUT2D eigenvalue weighted by Gasteiger charge is -2.16. The second-order valence-corrected chi connectivity index (χ2v) is 5.11. The van der Waals surface area contributed by atoms with Crippen molar-refractivity contribution in [2.45, 2.75) is 64.5 Å². The summed E-state index contributed by atoms with van der Waals surface area (Å²) in [7, 11) is 0. The summed E-state index contributed by atoms with van der Waals surface area (Å²) in [4.78, 5) is 10.5. The van der Waals surface area contributed by atoms with Crippen molar-refractivity contribution in [1.29, 1.82) is 0 Å². The largest absolute Gasteiger partial charge is 0.481 e. The van der Waals surface area contributed by atoms with Gasteiger partial charge in [0.15, 0.2) is 5.92 Å². The molecule has 0 amide bonds. The van der Waals surface area contributed by atoms with Crippen LogP contribution in [0.1, 0.15) is 58.3 Å². The van der Waals surface area contributed by atoms with Gasteiger partial charge in [0.1, 0.15) is 0 Å². The highest BCUT2D eigenvalue weighted by Gasteiger charge is 2.44. The fraction of sp³-hybridized carbons (Fsp3) is 0.929. The maximum atomic E-state index is 12.3. The predicted molar refractivity (Wildman–Crippen MR) is 72.7 cm³/mol. The Hall–Kier alpha value is -0.780. The smallest absolute Gasteiger partial charge is 0.403 e. The molecule has 0 fully saturated rings. The number of nitrogens with one attached hydrogen (secondary N) is 1. The molecular formula is C14H26F3NO2. The van der Waals surface area contributed by atoms with Crippen molar-refractivity contribution < 1.29 is 23.1 Å². The summed E-state index contributed by atoms with van der Waals surface area (Å²) in [5.41, 5.74) is 0. The zero-order valence-corrected chi connectivity index (χ0v) is 12.1. The average molecular weight is 297 g/mol. The van der Waals surface area contributed by atoms with Crippen LogP contribution >= 0.6 is 0 Å². The lowest BCUT2D eigenvalue weighted by atomic mass is 10.1. The minimum atomic E-state index is -4.68. The van der Waals surface area contributed by atoms with Gasteiger partial charge in [-0.15, -0.1) is 0 Å². The standard InChI is InChI=1S/C14H26F3NO2/c1-2-3-4-5-6-7-8-9-10-18-11-12(13(19)20)14(15,16)17/h12,18H,2-11H2,1H3,(H,19,20). The Balaban J connectivity index is 3.49. The molecule has 0 heterocycles. The average Bonchev–Trinajstić information content (AvgIpc) is 2.34. The summed E-state index contributed by atoms with van der Waals surface area (Å²) in [5.74, 6) is -4.13.